The van der Waals surface area contributed by atoms with Crippen molar-refractivity contribution in [1.29, 1.82) is 0 Å². The van der Waals surface area contributed by atoms with E-state index in [0.29, 0.717) is 16.4 Å². The fourth-order valence-corrected chi connectivity index (χ4v) is 2.31. The van der Waals surface area contributed by atoms with Crippen LogP contribution in [0.2, 0.25) is 0 Å². The fraction of sp³-hybridized carbons (Fsp3) is 0.0909. The molecule has 0 spiro atoms. The van der Waals surface area contributed by atoms with E-state index in [1.165, 1.54) is 0 Å². The number of nitrogen functional groups attached to an aromatic ring is 1. The molecule has 7 heteroatoms. The summed E-state index contributed by atoms with van der Waals surface area (Å²) in [5.41, 5.74) is 6.47. The van der Waals surface area contributed by atoms with Gasteiger partial charge in [0.1, 0.15) is 16.2 Å². The second-order valence-corrected chi connectivity index (χ2v) is 5.08. The maximum atomic E-state index is 5.64. The van der Waals surface area contributed by atoms with Gasteiger partial charge in [-0.1, -0.05) is 0 Å². The monoisotopic (exact) mass is 372 g/mol. The van der Waals surface area contributed by atoms with Crippen LogP contribution >= 0.6 is 31.9 Å². The standard InChI is InChI=1S/C11H10Br2N4O/c1-18-8-3-2-6(4-7(8)12)15-11-16-9(13)5-10(14)17-11/h2-5H,1H3,(H3,14,15,16,17). The molecule has 0 aliphatic carbocycles. The first kappa shape index (κ1) is 13.1. The summed E-state index contributed by atoms with van der Waals surface area (Å²) in [6, 6.07) is 7.21. The Hall–Kier alpha value is -1.34. The van der Waals surface area contributed by atoms with E-state index in [-0.39, 0.29) is 0 Å². The van der Waals surface area contributed by atoms with Crippen molar-refractivity contribution < 1.29 is 4.74 Å². The number of nitrogens with one attached hydrogen (secondary N) is 1. The molecule has 1 aromatic heterocycles. The highest BCUT2D eigenvalue weighted by Gasteiger charge is 2.04. The van der Waals surface area contributed by atoms with Gasteiger partial charge in [0, 0.05) is 11.8 Å². The zero-order valence-electron chi connectivity index (χ0n) is 9.45. The Morgan fingerprint density at radius 3 is 2.61 bits per heavy atom. The molecule has 1 heterocycles. The van der Waals surface area contributed by atoms with Crippen LogP contribution in [0.5, 0.6) is 5.75 Å². The highest BCUT2D eigenvalue weighted by atomic mass is 79.9. The van der Waals surface area contributed by atoms with Gasteiger partial charge in [0.2, 0.25) is 5.95 Å². The van der Waals surface area contributed by atoms with Gasteiger partial charge < -0.3 is 15.8 Å². The second kappa shape index (κ2) is 5.53. The average molecular weight is 374 g/mol. The van der Waals surface area contributed by atoms with Gasteiger partial charge in [0.15, 0.2) is 0 Å². The van der Waals surface area contributed by atoms with E-state index in [1.807, 2.05) is 18.2 Å². The van der Waals surface area contributed by atoms with Crippen LogP contribution in [0.3, 0.4) is 0 Å². The summed E-state index contributed by atoms with van der Waals surface area (Å²) < 4.78 is 6.63. The highest BCUT2D eigenvalue weighted by Crippen LogP contribution is 2.28. The van der Waals surface area contributed by atoms with Gasteiger partial charge in [0.05, 0.1) is 11.6 Å². The Labute approximate surface area is 121 Å². The molecule has 18 heavy (non-hydrogen) atoms. The summed E-state index contributed by atoms with van der Waals surface area (Å²) in [6.45, 7) is 0. The quantitative estimate of drug-likeness (QED) is 0.807. The predicted molar refractivity (Wildman–Crippen MR) is 78.1 cm³/mol. The van der Waals surface area contributed by atoms with E-state index in [2.05, 4.69) is 47.1 Å². The van der Waals surface area contributed by atoms with Crippen molar-refractivity contribution in [2.45, 2.75) is 0 Å². The Balaban J connectivity index is 2.25. The van der Waals surface area contributed by atoms with Gasteiger partial charge in [-0.05, 0) is 50.1 Å². The first-order chi connectivity index (χ1) is 8.58. The van der Waals surface area contributed by atoms with Crippen molar-refractivity contribution in [2.75, 3.05) is 18.2 Å². The molecule has 0 atom stereocenters. The number of hydrogen-bond donors (Lipinski definition) is 2. The topological polar surface area (TPSA) is 73.1 Å². The lowest BCUT2D eigenvalue weighted by atomic mass is 10.3. The molecule has 0 saturated carbocycles. The molecule has 0 bridgehead atoms. The average Bonchev–Trinajstić information content (AvgIpc) is 2.27. The fourth-order valence-electron chi connectivity index (χ4n) is 1.36. The number of ether oxygens (including phenoxy) is 1. The minimum absolute atomic E-state index is 0.395. The van der Waals surface area contributed by atoms with Crippen molar-refractivity contribution in [3.63, 3.8) is 0 Å². The second-order valence-electron chi connectivity index (χ2n) is 3.41. The first-order valence-corrected chi connectivity index (χ1v) is 6.57. The molecule has 94 valence electrons. The van der Waals surface area contributed by atoms with Crippen molar-refractivity contribution in [3.05, 3.63) is 33.3 Å². The number of nitrogens with two attached hydrogens (primary N) is 1. The molecule has 2 rings (SSSR count). The van der Waals surface area contributed by atoms with Gasteiger partial charge in [-0.15, -0.1) is 0 Å². The van der Waals surface area contributed by atoms with Gasteiger partial charge in [0.25, 0.3) is 0 Å². The van der Waals surface area contributed by atoms with Gasteiger partial charge >= 0.3 is 0 Å². The van der Waals surface area contributed by atoms with Crippen LogP contribution in [0.1, 0.15) is 0 Å². The van der Waals surface area contributed by atoms with Crippen LogP contribution in [0, 0.1) is 0 Å². The van der Waals surface area contributed by atoms with Crippen molar-refractivity contribution in [3.8, 4) is 5.75 Å². The van der Waals surface area contributed by atoms with Crippen LogP contribution < -0.4 is 15.8 Å². The van der Waals surface area contributed by atoms with Crippen molar-refractivity contribution in [2.24, 2.45) is 0 Å². The SMILES string of the molecule is COc1ccc(Nc2nc(N)cc(Br)n2)cc1Br. The number of hydrogen-bond acceptors (Lipinski definition) is 5. The summed E-state index contributed by atoms with van der Waals surface area (Å²) >= 11 is 6.67. The molecule has 0 saturated heterocycles. The molecule has 2 aromatic rings. The molecule has 0 aliphatic heterocycles. The van der Waals surface area contributed by atoms with Crippen LogP contribution in [0.4, 0.5) is 17.5 Å². The lowest BCUT2D eigenvalue weighted by Gasteiger charge is -2.08. The number of benzene rings is 1. The highest BCUT2D eigenvalue weighted by molar-refractivity contribution is 9.10. The molecule has 5 nitrogen and oxygen atoms in total. The number of anilines is 3. The van der Waals surface area contributed by atoms with E-state index in [0.717, 1.165) is 15.9 Å². The summed E-state index contributed by atoms with van der Waals surface area (Å²) in [5, 5.41) is 3.06. The Bertz CT molecular complexity index is 557. The molecule has 1 aromatic carbocycles. The maximum absolute atomic E-state index is 5.64. The Morgan fingerprint density at radius 1 is 1.22 bits per heavy atom. The van der Waals surface area contributed by atoms with Crippen LogP contribution in [0.15, 0.2) is 33.3 Å². The zero-order chi connectivity index (χ0) is 13.1. The van der Waals surface area contributed by atoms with Gasteiger partial charge in [-0.2, -0.15) is 4.98 Å². The third-order valence-electron chi connectivity index (χ3n) is 2.12. The number of aromatic nitrogens is 2. The van der Waals surface area contributed by atoms with E-state index >= 15 is 0 Å². The van der Waals surface area contributed by atoms with Crippen molar-refractivity contribution >= 4 is 49.3 Å². The van der Waals surface area contributed by atoms with Crippen molar-refractivity contribution in [1.82, 2.24) is 9.97 Å². The molecule has 0 aliphatic rings. The first-order valence-electron chi connectivity index (χ1n) is 4.99. The normalized spacial score (nSPS) is 10.2. The number of nitrogens with zero attached hydrogens (tertiary/aromatic N) is 2. The van der Waals surface area contributed by atoms with Crippen LogP contribution in [-0.2, 0) is 0 Å². The lowest BCUT2D eigenvalue weighted by Crippen LogP contribution is -2.00. The third-order valence-corrected chi connectivity index (χ3v) is 3.15. The molecule has 0 radical (unpaired) electrons. The summed E-state index contributed by atoms with van der Waals surface area (Å²) in [5.74, 6) is 1.58. The summed E-state index contributed by atoms with van der Waals surface area (Å²) in [6.07, 6.45) is 0. The zero-order valence-corrected chi connectivity index (χ0v) is 12.6. The Kier molecular flexibility index (Phi) is 4.03. The molecule has 0 fully saturated rings. The summed E-state index contributed by atoms with van der Waals surface area (Å²) in [4.78, 5) is 8.25. The third kappa shape index (κ3) is 3.11. The van der Waals surface area contributed by atoms with E-state index in [1.54, 1.807) is 13.2 Å². The molecule has 3 N–H and O–H groups in total. The minimum Gasteiger partial charge on any atom is -0.496 e. The van der Waals surface area contributed by atoms with Gasteiger partial charge in [-0.25, -0.2) is 4.98 Å². The minimum atomic E-state index is 0.395. The van der Waals surface area contributed by atoms with Crippen LogP contribution in [-0.4, -0.2) is 17.1 Å². The van der Waals surface area contributed by atoms with E-state index in [4.69, 9.17) is 10.5 Å². The molecule has 0 unspecified atom stereocenters. The van der Waals surface area contributed by atoms with E-state index in [9.17, 15) is 0 Å². The largest absolute Gasteiger partial charge is 0.496 e. The molecule has 0 amide bonds. The maximum Gasteiger partial charge on any atom is 0.230 e. The number of methoxy groups -OCH3 is 1. The van der Waals surface area contributed by atoms with Gasteiger partial charge in [-0.3, -0.25) is 0 Å². The summed E-state index contributed by atoms with van der Waals surface area (Å²) in [7, 11) is 1.62. The van der Waals surface area contributed by atoms with Crippen LogP contribution in [0.25, 0.3) is 0 Å². The Morgan fingerprint density at radius 2 is 2.00 bits per heavy atom. The number of rotatable bonds is 3. The van der Waals surface area contributed by atoms with E-state index < -0.39 is 0 Å². The molecular weight excluding hydrogens is 364 g/mol. The lowest BCUT2D eigenvalue weighted by molar-refractivity contribution is 0.412. The molecular formula is C11H10Br2N4O. The number of halogens is 2. The predicted octanol–water partition coefficient (Wildman–Crippen LogP) is 3.34. The smallest absolute Gasteiger partial charge is 0.230 e.